The van der Waals surface area contributed by atoms with Crippen LogP contribution in [0.2, 0.25) is 0 Å². The molecule has 1 aromatic heterocycles. The zero-order valence-electron chi connectivity index (χ0n) is 45.6. The molecule has 2 heteroatoms. The van der Waals surface area contributed by atoms with E-state index in [4.69, 9.17) is 14.0 Å². The predicted octanol–water partition coefficient (Wildman–Crippen LogP) is 16.0. The predicted molar refractivity (Wildman–Crippen MR) is 245 cm³/mol. The van der Waals surface area contributed by atoms with Crippen LogP contribution in [0.25, 0.3) is 88.0 Å². The third kappa shape index (κ3) is 5.91. The van der Waals surface area contributed by atoms with E-state index in [1.165, 1.54) is 4.90 Å². The van der Waals surface area contributed by atoms with Gasteiger partial charge in [0.25, 0.3) is 0 Å². The summed E-state index contributed by atoms with van der Waals surface area (Å²) in [5.74, 6) is 0. The van der Waals surface area contributed by atoms with Crippen molar-refractivity contribution in [3.05, 3.63) is 224 Å². The number of nitrogens with zero attached hydrogens (tertiary/aromatic N) is 1. The molecule has 0 bridgehead atoms. The largest absolute Gasteiger partial charge is 0.456 e. The Labute approximate surface area is 358 Å². The summed E-state index contributed by atoms with van der Waals surface area (Å²) in [6.07, 6.45) is 0. The molecule has 58 heavy (non-hydrogen) atoms. The molecule has 0 unspecified atom stereocenters. The van der Waals surface area contributed by atoms with Crippen LogP contribution in [0.4, 0.5) is 17.1 Å². The maximum Gasteiger partial charge on any atom is 0.136 e. The fourth-order valence-electron chi connectivity index (χ4n) is 7.55. The van der Waals surface area contributed by atoms with Crippen molar-refractivity contribution < 1.29 is 25.0 Å². The third-order valence-electron chi connectivity index (χ3n) is 10.3. The van der Waals surface area contributed by atoms with Crippen molar-refractivity contribution in [2.75, 3.05) is 4.90 Å². The number of furan rings is 1. The van der Waals surface area contributed by atoms with E-state index in [-0.39, 0.29) is 11.3 Å². The molecule has 2 nitrogen and oxygen atoms in total. The summed E-state index contributed by atoms with van der Waals surface area (Å²) in [7, 11) is 0. The van der Waals surface area contributed by atoms with Crippen LogP contribution >= 0.6 is 0 Å². The van der Waals surface area contributed by atoms with Crippen LogP contribution in [0.1, 0.15) is 20.6 Å². The zero-order chi connectivity index (χ0) is 51.5. The fraction of sp³-hybridized carbons (Fsp3) is 0. The minimum Gasteiger partial charge on any atom is -0.456 e. The highest BCUT2D eigenvalue weighted by molar-refractivity contribution is 6.16. The van der Waals surface area contributed by atoms with E-state index >= 15 is 0 Å². The highest BCUT2D eigenvalue weighted by atomic mass is 16.3. The summed E-state index contributed by atoms with van der Waals surface area (Å²) in [4.78, 5) is 1.19. The lowest BCUT2D eigenvalue weighted by Crippen LogP contribution is -2.11. The molecular formula is C56H37NO. The van der Waals surface area contributed by atoms with Gasteiger partial charge in [0.15, 0.2) is 0 Å². The van der Waals surface area contributed by atoms with Crippen molar-refractivity contribution in [3.63, 3.8) is 0 Å². The quantitative estimate of drug-likeness (QED) is 0.161. The van der Waals surface area contributed by atoms with Crippen molar-refractivity contribution in [3.8, 4) is 44.5 Å². The van der Waals surface area contributed by atoms with Crippen LogP contribution in [0.5, 0.6) is 0 Å². The first-order valence-electron chi connectivity index (χ1n) is 26.1. The maximum atomic E-state index is 9.82. The molecule has 11 rings (SSSR count). The first-order chi connectivity index (χ1) is 35.0. The van der Waals surface area contributed by atoms with Crippen LogP contribution in [0.15, 0.2) is 229 Å². The molecule has 1 heterocycles. The van der Waals surface area contributed by atoms with Gasteiger partial charge in [0.05, 0.1) is 26.2 Å². The van der Waals surface area contributed by atoms with E-state index in [9.17, 15) is 11.0 Å². The number of benzene rings is 10. The maximum absolute atomic E-state index is 9.82. The molecule has 0 aliphatic rings. The molecule has 0 aliphatic carbocycles. The molecule has 10 aromatic carbocycles. The Bertz CT molecular complexity index is 4090. The van der Waals surface area contributed by atoms with Crippen molar-refractivity contribution in [2.24, 2.45) is 0 Å². The minimum atomic E-state index is -0.807. The van der Waals surface area contributed by atoms with Gasteiger partial charge in [-0.15, -0.1) is 0 Å². The Balaban J connectivity index is 1.21. The van der Waals surface area contributed by atoms with Crippen LogP contribution < -0.4 is 4.90 Å². The number of para-hydroxylation sites is 1. The van der Waals surface area contributed by atoms with Crippen LogP contribution in [-0.4, -0.2) is 0 Å². The number of hydrogen-bond donors (Lipinski definition) is 0. The molecule has 272 valence electrons. The highest BCUT2D eigenvalue weighted by Gasteiger charge is 2.21. The van der Waals surface area contributed by atoms with E-state index in [1.54, 1.807) is 42.5 Å². The van der Waals surface area contributed by atoms with Crippen molar-refractivity contribution in [2.45, 2.75) is 0 Å². The average molecular weight is 755 g/mol. The van der Waals surface area contributed by atoms with E-state index in [0.29, 0.717) is 33.2 Å². The smallest absolute Gasteiger partial charge is 0.136 e. The molecule has 0 aliphatic heterocycles. The molecule has 0 saturated carbocycles. The Morgan fingerprint density at radius 2 is 0.966 bits per heavy atom. The molecule has 0 spiro atoms. The van der Waals surface area contributed by atoms with Crippen LogP contribution in [0.3, 0.4) is 0 Å². The minimum absolute atomic E-state index is 0.0215. The molecular weight excluding hydrogens is 703 g/mol. The summed E-state index contributed by atoms with van der Waals surface area (Å²) in [6.45, 7) is 0. The van der Waals surface area contributed by atoms with Crippen molar-refractivity contribution in [1.29, 1.82) is 0 Å². The lowest BCUT2D eigenvalue weighted by Gasteiger charge is -2.28. The van der Waals surface area contributed by atoms with Gasteiger partial charge < -0.3 is 9.32 Å². The van der Waals surface area contributed by atoms with Gasteiger partial charge in [-0.2, -0.15) is 0 Å². The first kappa shape index (κ1) is 21.6. The van der Waals surface area contributed by atoms with Gasteiger partial charge in [-0.05, 0) is 109 Å². The standard InChI is InChI=1S/C56H37NO/c1-2-12-38(13-3-1)39-24-26-40(27-25-39)41-28-32-46(33-29-41)57(47-34-30-43(31-35-47)49-20-10-17-42-14-6-7-18-48(42)49)53-22-9-8-19-50(53)51-21-11-23-54-56(51)52-36-44-15-4-5-16-45(44)37-55(52)58-54/h1-37H/i6D,7D,10D,14D,17D,18D,20D,28D,29D,30D,31D,32D,33D,34D,35D. The monoisotopic (exact) mass is 754 g/mol. The number of anilines is 3. The average Bonchev–Trinajstić information content (AvgIpc) is 3.78. The van der Waals surface area contributed by atoms with Crippen LogP contribution in [0, 0.1) is 0 Å². The van der Waals surface area contributed by atoms with Crippen molar-refractivity contribution in [1.82, 2.24) is 0 Å². The summed E-state index contributed by atoms with van der Waals surface area (Å²) in [5, 5.41) is 2.46. The molecule has 0 fully saturated rings. The van der Waals surface area contributed by atoms with Crippen molar-refractivity contribution >= 4 is 60.5 Å². The highest BCUT2D eigenvalue weighted by Crippen LogP contribution is 2.46. The second-order valence-corrected chi connectivity index (χ2v) is 13.7. The normalized spacial score (nSPS) is 15.1. The lowest BCUT2D eigenvalue weighted by molar-refractivity contribution is 0.669. The molecule has 0 amide bonds. The lowest BCUT2D eigenvalue weighted by atomic mass is 9.95. The van der Waals surface area contributed by atoms with Gasteiger partial charge in [-0.25, -0.2) is 0 Å². The number of fused-ring (bicyclic) bond motifs is 5. The second-order valence-electron chi connectivity index (χ2n) is 13.7. The van der Waals surface area contributed by atoms with Gasteiger partial charge in [-0.1, -0.05) is 176 Å². The molecule has 11 aromatic rings. The Morgan fingerprint density at radius 1 is 0.362 bits per heavy atom. The molecule has 0 saturated heterocycles. The Morgan fingerprint density at radius 3 is 1.74 bits per heavy atom. The van der Waals surface area contributed by atoms with Gasteiger partial charge in [0.1, 0.15) is 11.2 Å². The van der Waals surface area contributed by atoms with Gasteiger partial charge >= 0.3 is 0 Å². The van der Waals surface area contributed by atoms with Gasteiger partial charge in [0.2, 0.25) is 0 Å². The second kappa shape index (κ2) is 14.1. The Kier molecular flexibility index (Phi) is 5.25. The third-order valence-corrected chi connectivity index (χ3v) is 10.3. The first-order valence-corrected chi connectivity index (χ1v) is 18.6. The zero-order valence-corrected chi connectivity index (χ0v) is 30.6. The molecule has 0 radical (unpaired) electrons. The van der Waals surface area contributed by atoms with E-state index in [0.717, 1.165) is 27.3 Å². The number of rotatable bonds is 7. The van der Waals surface area contributed by atoms with E-state index in [1.807, 2.05) is 91.0 Å². The van der Waals surface area contributed by atoms with E-state index in [2.05, 4.69) is 0 Å². The fourth-order valence-corrected chi connectivity index (χ4v) is 7.55. The Hall–Kier alpha value is -7.68. The topological polar surface area (TPSA) is 16.4 Å². The summed E-state index contributed by atoms with van der Waals surface area (Å²) in [6, 6.07) is 30.4. The van der Waals surface area contributed by atoms with Gasteiger partial charge in [0, 0.05) is 27.7 Å². The summed E-state index contributed by atoms with van der Waals surface area (Å²) >= 11 is 0. The van der Waals surface area contributed by atoms with Gasteiger partial charge in [-0.3, -0.25) is 0 Å². The molecule has 0 atom stereocenters. The van der Waals surface area contributed by atoms with Crippen LogP contribution in [-0.2, 0) is 0 Å². The molecule has 0 N–H and O–H groups in total. The summed E-state index contributed by atoms with van der Waals surface area (Å²) in [5.41, 5.74) is 2.38. The number of hydrogen-bond acceptors (Lipinski definition) is 2. The van der Waals surface area contributed by atoms with E-state index < -0.39 is 124 Å². The SMILES string of the molecule is [2H]c1c([2H])c(N(c2ccccc2-c2cccc3oc4cc5ccccc5cc4c23)c2c([2H])c([2H])c(-c3c([2H])c([2H])c([2H])c4c([2H])c([2H])c([2H])c([2H])c34)c([2H])c2[2H])c([2H])c([2H])c1-c1ccc(-c2ccccc2)cc1. The summed E-state index contributed by atoms with van der Waals surface area (Å²) < 4.78 is 145.